The maximum absolute atomic E-state index is 11.6. The first kappa shape index (κ1) is 19.3. The van der Waals surface area contributed by atoms with E-state index in [1.807, 2.05) is 6.92 Å². The van der Waals surface area contributed by atoms with E-state index < -0.39 is 0 Å². The molecule has 0 saturated carbocycles. The highest BCUT2D eigenvalue weighted by atomic mass is 32.2. The van der Waals surface area contributed by atoms with Gasteiger partial charge in [-0.1, -0.05) is 79.9 Å². The van der Waals surface area contributed by atoms with Gasteiger partial charge in [0.2, 0.25) is 5.91 Å². The van der Waals surface area contributed by atoms with Crippen molar-refractivity contribution in [2.75, 3.05) is 12.3 Å². The first-order valence-electron chi connectivity index (χ1n) is 8.03. The molecule has 0 aliphatic heterocycles. The fourth-order valence-corrected chi connectivity index (χ4v) is 4.71. The second-order valence-electron chi connectivity index (χ2n) is 5.66. The van der Waals surface area contributed by atoms with Crippen molar-refractivity contribution in [1.29, 1.82) is 0 Å². The number of nitrogens with one attached hydrogen (secondary N) is 1. The third-order valence-corrected chi connectivity index (χ3v) is 6.56. The van der Waals surface area contributed by atoms with E-state index in [4.69, 9.17) is 0 Å². The van der Waals surface area contributed by atoms with Gasteiger partial charge in [0, 0.05) is 12.3 Å². The monoisotopic (exact) mass is 381 g/mol. The average Bonchev–Trinajstić information content (AvgIpc) is 3.04. The van der Waals surface area contributed by atoms with Gasteiger partial charge in [-0.3, -0.25) is 4.79 Å². The molecule has 1 amide bonds. The third kappa shape index (κ3) is 6.45. The summed E-state index contributed by atoms with van der Waals surface area (Å²) in [7, 11) is 0. The minimum Gasteiger partial charge on any atom is -0.355 e. The smallest absolute Gasteiger partial charge is 0.230 e. The lowest BCUT2D eigenvalue weighted by molar-refractivity contribution is -0.118. The molecule has 130 valence electrons. The summed E-state index contributed by atoms with van der Waals surface area (Å²) < 4.78 is 1.79. The molecule has 0 spiro atoms. The summed E-state index contributed by atoms with van der Waals surface area (Å²) >= 11 is 4.68. The molecule has 0 saturated heterocycles. The van der Waals surface area contributed by atoms with Crippen LogP contribution in [0.25, 0.3) is 0 Å². The predicted molar refractivity (Wildman–Crippen MR) is 104 cm³/mol. The summed E-state index contributed by atoms with van der Waals surface area (Å²) in [4.78, 5) is 11.6. The Kier molecular flexibility index (Phi) is 8.08. The second-order valence-corrected chi connectivity index (χ2v) is 9.08. The minimum atomic E-state index is 0.0523. The van der Waals surface area contributed by atoms with Crippen molar-refractivity contribution in [2.45, 2.75) is 47.5 Å². The summed E-state index contributed by atoms with van der Waals surface area (Å²) in [6, 6.07) is 8.74. The Morgan fingerprint density at radius 3 is 2.46 bits per heavy atom. The summed E-state index contributed by atoms with van der Waals surface area (Å²) in [5.41, 5.74) is 2.65. The first-order valence-corrected chi connectivity index (χ1v) is 10.8. The number of carbonyl (C=O) groups excluding carboxylic acids is 1. The summed E-state index contributed by atoms with van der Waals surface area (Å²) in [6.07, 6.45) is 0.953. The van der Waals surface area contributed by atoms with E-state index in [0.717, 1.165) is 27.4 Å². The van der Waals surface area contributed by atoms with Crippen molar-refractivity contribution < 1.29 is 4.79 Å². The Morgan fingerprint density at radius 2 is 1.83 bits per heavy atom. The summed E-state index contributed by atoms with van der Waals surface area (Å²) in [6.45, 7) is 7.17. The third-order valence-electron chi connectivity index (χ3n) is 3.30. The molecule has 7 heteroatoms. The van der Waals surface area contributed by atoms with E-state index >= 15 is 0 Å². The van der Waals surface area contributed by atoms with Crippen LogP contribution in [0.2, 0.25) is 0 Å². The van der Waals surface area contributed by atoms with E-state index in [1.54, 1.807) is 23.1 Å². The Labute approximate surface area is 156 Å². The van der Waals surface area contributed by atoms with Crippen LogP contribution in [0, 0.1) is 0 Å². The van der Waals surface area contributed by atoms with Crippen molar-refractivity contribution in [3.8, 4) is 0 Å². The molecule has 0 atom stereocenters. The van der Waals surface area contributed by atoms with Gasteiger partial charge < -0.3 is 5.32 Å². The van der Waals surface area contributed by atoms with Gasteiger partial charge in [0.1, 0.15) is 0 Å². The molecular weight excluding hydrogens is 358 g/mol. The number of hydrogen-bond acceptors (Lipinski definition) is 6. The number of hydrogen-bond donors (Lipinski definition) is 1. The Bertz CT molecular complexity index is 641. The second kappa shape index (κ2) is 10.1. The van der Waals surface area contributed by atoms with Crippen molar-refractivity contribution in [3.63, 3.8) is 0 Å². The SMILES string of the molecule is CCCNC(=O)CSc1nnc(SCc2ccc(C(C)C)cc2)s1. The van der Waals surface area contributed by atoms with Gasteiger partial charge >= 0.3 is 0 Å². The standard InChI is InChI=1S/C17H23N3OS3/c1-4-9-18-15(21)11-23-17-20-19-16(24-17)22-10-13-5-7-14(8-6-13)12(2)3/h5-8,12H,4,9-11H2,1-3H3,(H,18,21). The predicted octanol–water partition coefficient (Wildman–Crippen LogP) is 4.57. The number of nitrogens with zero attached hydrogens (tertiary/aromatic N) is 2. The Hall–Kier alpha value is -1.05. The van der Waals surface area contributed by atoms with E-state index in [1.165, 1.54) is 22.9 Å². The van der Waals surface area contributed by atoms with Crippen LogP contribution in [0.4, 0.5) is 0 Å². The molecule has 2 aromatic rings. The molecule has 0 fully saturated rings. The molecule has 1 N–H and O–H groups in total. The van der Waals surface area contributed by atoms with Gasteiger partial charge in [0.25, 0.3) is 0 Å². The number of amides is 1. The lowest BCUT2D eigenvalue weighted by atomic mass is 10.0. The fourth-order valence-electron chi connectivity index (χ4n) is 1.90. The molecule has 2 rings (SSSR count). The topological polar surface area (TPSA) is 54.9 Å². The largest absolute Gasteiger partial charge is 0.355 e. The number of carbonyl (C=O) groups is 1. The fraction of sp³-hybridized carbons (Fsp3) is 0.471. The molecule has 0 aliphatic carbocycles. The Morgan fingerprint density at radius 1 is 1.17 bits per heavy atom. The molecule has 0 aliphatic rings. The lowest BCUT2D eigenvalue weighted by Gasteiger charge is -2.05. The van der Waals surface area contributed by atoms with Crippen LogP contribution in [-0.2, 0) is 10.5 Å². The highest BCUT2D eigenvalue weighted by Gasteiger charge is 2.09. The van der Waals surface area contributed by atoms with Gasteiger partial charge in [-0.25, -0.2) is 0 Å². The number of benzene rings is 1. The van der Waals surface area contributed by atoms with Crippen molar-refractivity contribution in [1.82, 2.24) is 15.5 Å². The number of aromatic nitrogens is 2. The summed E-state index contributed by atoms with van der Waals surface area (Å²) in [5.74, 6) is 1.89. The van der Waals surface area contributed by atoms with Crippen LogP contribution in [0.15, 0.2) is 32.9 Å². The number of rotatable bonds is 9. The van der Waals surface area contributed by atoms with Gasteiger partial charge in [0.15, 0.2) is 8.68 Å². The van der Waals surface area contributed by atoms with Crippen molar-refractivity contribution >= 4 is 40.8 Å². The quantitative estimate of drug-likeness (QED) is 0.645. The zero-order valence-electron chi connectivity index (χ0n) is 14.2. The number of thioether (sulfide) groups is 2. The van der Waals surface area contributed by atoms with Crippen molar-refractivity contribution in [2.24, 2.45) is 0 Å². The normalized spacial score (nSPS) is 11.0. The zero-order valence-corrected chi connectivity index (χ0v) is 16.7. The lowest BCUT2D eigenvalue weighted by Crippen LogP contribution is -2.25. The Balaban J connectivity index is 1.78. The molecule has 0 bridgehead atoms. The maximum Gasteiger partial charge on any atom is 0.230 e. The van der Waals surface area contributed by atoms with E-state index in [-0.39, 0.29) is 5.91 Å². The van der Waals surface area contributed by atoms with Gasteiger partial charge in [-0.15, -0.1) is 10.2 Å². The van der Waals surface area contributed by atoms with Gasteiger partial charge in [-0.05, 0) is 23.5 Å². The highest BCUT2D eigenvalue weighted by Crippen LogP contribution is 2.30. The molecule has 24 heavy (non-hydrogen) atoms. The minimum absolute atomic E-state index is 0.0523. The van der Waals surface area contributed by atoms with Crippen LogP contribution >= 0.6 is 34.9 Å². The molecular formula is C17H23N3OS3. The van der Waals surface area contributed by atoms with Crippen LogP contribution in [0.1, 0.15) is 44.2 Å². The summed E-state index contributed by atoms with van der Waals surface area (Å²) in [5, 5.41) is 11.2. The maximum atomic E-state index is 11.6. The molecule has 1 aromatic heterocycles. The highest BCUT2D eigenvalue weighted by molar-refractivity contribution is 8.03. The first-order chi connectivity index (χ1) is 11.6. The molecule has 1 aromatic carbocycles. The van der Waals surface area contributed by atoms with Crippen LogP contribution in [-0.4, -0.2) is 28.4 Å². The van der Waals surface area contributed by atoms with E-state index in [0.29, 0.717) is 11.7 Å². The van der Waals surface area contributed by atoms with Crippen LogP contribution in [0.5, 0.6) is 0 Å². The van der Waals surface area contributed by atoms with Gasteiger partial charge in [-0.2, -0.15) is 0 Å². The van der Waals surface area contributed by atoms with E-state index in [9.17, 15) is 4.79 Å². The van der Waals surface area contributed by atoms with Crippen LogP contribution in [0.3, 0.4) is 0 Å². The molecule has 4 nitrogen and oxygen atoms in total. The van der Waals surface area contributed by atoms with Crippen LogP contribution < -0.4 is 5.32 Å². The average molecular weight is 382 g/mol. The van der Waals surface area contributed by atoms with E-state index in [2.05, 4.69) is 53.6 Å². The zero-order chi connectivity index (χ0) is 17.4. The van der Waals surface area contributed by atoms with Gasteiger partial charge in [0.05, 0.1) is 5.75 Å². The van der Waals surface area contributed by atoms with Crippen molar-refractivity contribution in [3.05, 3.63) is 35.4 Å². The molecule has 0 unspecified atom stereocenters. The molecule has 1 heterocycles. The molecule has 0 radical (unpaired) electrons.